The van der Waals surface area contributed by atoms with Crippen molar-refractivity contribution in [1.82, 2.24) is 9.62 Å². The lowest BCUT2D eigenvalue weighted by Crippen LogP contribution is -2.37. The summed E-state index contributed by atoms with van der Waals surface area (Å²) in [6.07, 6.45) is 3.40. The number of nitrogen functional groups attached to an aromatic ring is 1. The van der Waals surface area contributed by atoms with Gasteiger partial charge in [-0.15, -0.1) is 0 Å². The maximum Gasteiger partial charge on any atom is 0.240 e. The minimum absolute atomic E-state index is 0.0204. The van der Waals surface area contributed by atoms with Crippen molar-refractivity contribution in [2.75, 3.05) is 18.8 Å². The SMILES string of the molecule is Nc1cccc(S(=O)(=O)NC2CCN(C3CC3)C2)c1. The van der Waals surface area contributed by atoms with Crippen LogP contribution in [0.4, 0.5) is 5.69 Å². The topological polar surface area (TPSA) is 75.4 Å². The summed E-state index contributed by atoms with van der Waals surface area (Å²) in [5.74, 6) is 0. The normalized spacial score (nSPS) is 24.7. The molecule has 2 aliphatic rings. The zero-order valence-corrected chi connectivity index (χ0v) is 11.6. The van der Waals surface area contributed by atoms with E-state index in [2.05, 4.69) is 9.62 Å². The van der Waals surface area contributed by atoms with Gasteiger partial charge in [0.15, 0.2) is 0 Å². The van der Waals surface area contributed by atoms with E-state index in [4.69, 9.17) is 5.73 Å². The fourth-order valence-electron chi connectivity index (χ4n) is 2.62. The molecule has 19 heavy (non-hydrogen) atoms. The first-order valence-corrected chi connectivity index (χ1v) is 8.15. The summed E-state index contributed by atoms with van der Waals surface area (Å²) in [4.78, 5) is 2.63. The predicted molar refractivity (Wildman–Crippen MR) is 74.2 cm³/mol. The van der Waals surface area contributed by atoms with Gasteiger partial charge in [-0.05, 0) is 37.5 Å². The van der Waals surface area contributed by atoms with Gasteiger partial charge in [-0.2, -0.15) is 0 Å². The minimum atomic E-state index is -3.45. The number of likely N-dealkylation sites (tertiary alicyclic amines) is 1. The molecule has 3 N–H and O–H groups in total. The molecule has 1 aliphatic heterocycles. The third-order valence-corrected chi connectivity index (χ3v) is 5.29. The molecule has 0 bridgehead atoms. The largest absolute Gasteiger partial charge is 0.399 e. The van der Waals surface area contributed by atoms with Crippen molar-refractivity contribution < 1.29 is 8.42 Å². The Kier molecular flexibility index (Phi) is 3.24. The van der Waals surface area contributed by atoms with E-state index < -0.39 is 10.0 Å². The molecule has 1 heterocycles. The minimum Gasteiger partial charge on any atom is -0.399 e. The van der Waals surface area contributed by atoms with Crippen molar-refractivity contribution in [3.05, 3.63) is 24.3 Å². The van der Waals surface area contributed by atoms with Crippen LogP contribution in [0.5, 0.6) is 0 Å². The lowest BCUT2D eigenvalue weighted by molar-refractivity contribution is 0.322. The maximum absolute atomic E-state index is 12.2. The van der Waals surface area contributed by atoms with Crippen molar-refractivity contribution in [3.8, 4) is 0 Å². The molecule has 0 radical (unpaired) electrons. The first-order valence-electron chi connectivity index (χ1n) is 6.66. The number of anilines is 1. The number of rotatable bonds is 4. The molecule has 1 aromatic carbocycles. The van der Waals surface area contributed by atoms with Crippen molar-refractivity contribution in [3.63, 3.8) is 0 Å². The van der Waals surface area contributed by atoms with E-state index in [9.17, 15) is 8.42 Å². The van der Waals surface area contributed by atoms with E-state index in [0.29, 0.717) is 11.7 Å². The molecule has 1 saturated carbocycles. The molecule has 1 unspecified atom stereocenters. The summed E-state index contributed by atoms with van der Waals surface area (Å²) < 4.78 is 27.3. The Morgan fingerprint density at radius 3 is 2.74 bits per heavy atom. The summed E-state index contributed by atoms with van der Waals surface area (Å²) in [5.41, 5.74) is 6.10. The van der Waals surface area contributed by atoms with E-state index in [1.165, 1.54) is 18.9 Å². The molecule has 1 saturated heterocycles. The fourth-order valence-corrected chi connectivity index (χ4v) is 3.94. The average molecular weight is 281 g/mol. The third kappa shape index (κ3) is 2.91. The number of sulfonamides is 1. The Morgan fingerprint density at radius 2 is 2.05 bits per heavy atom. The molecule has 1 atom stereocenters. The number of nitrogens with zero attached hydrogens (tertiary/aromatic N) is 1. The fraction of sp³-hybridized carbons (Fsp3) is 0.538. The highest BCUT2D eigenvalue weighted by Crippen LogP contribution is 2.30. The predicted octanol–water partition coefficient (Wildman–Crippen LogP) is 0.784. The van der Waals surface area contributed by atoms with Crippen molar-refractivity contribution in [1.29, 1.82) is 0 Å². The average Bonchev–Trinajstić information content (AvgIpc) is 3.11. The van der Waals surface area contributed by atoms with Crippen molar-refractivity contribution in [2.45, 2.75) is 36.2 Å². The number of nitrogens with one attached hydrogen (secondary N) is 1. The molecule has 0 amide bonds. The molecular formula is C13H19N3O2S. The van der Waals surface area contributed by atoms with Crippen molar-refractivity contribution in [2.24, 2.45) is 0 Å². The second-order valence-electron chi connectivity index (χ2n) is 5.41. The van der Waals surface area contributed by atoms with Crippen LogP contribution in [0.3, 0.4) is 0 Å². The first-order chi connectivity index (χ1) is 9.04. The molecule has 104 valence electrons. The highest BCUT2D eigenvalue weighted by atomic mass is 32.2. The monoisotopic (exact) mass is 281 g/mol. The van der Waals surface area contributed by atoms with Crippen LogP contribution in [0, 0.1) is 0 Å². The molecule has 1 aliphatic carbocycles. The molecule has 5 nitrogen and oxygen atoms in total. The van der Waals surface area contributed by atoms with Gasteiger partial charge in [0, 0.05) is 30.9 Å². The summed E-state index contributed by atoms with van der Waals surface area (Å²) in [6, 6.07) is 7.13. The Hall–Kier alpha value is -1.11. The van der Waals surface area contributed by atoms with Crippen LogP contribution in [0.2, 0.25) is 0 Å². The van der Waals surface area contributed by atoms with E-state index in [1.54, 1.807) is 18.2 Å². The molecule has 1 aromatic rings. The summed E-state index contributed by atoms with van der Waals surface area (Å²) >= 11 is 0. The van der Waals surface area contributed by atoms with Crippen LogP contribution in [-0.4, -0.2) is 38.5 Å². The number of hydrogen-bond acceptors (Lipinski definition) is 4. The van der Waals surface area contributed by atoms with Crippen LogP contribution >= 0.6 is 0 Å². The second kappa shape index (κ2) is 4.77. The third-order valence-electron chi connectivity index (χ3n) is 3.77. The Balaban J connectivity index is 1.68. The van der Waals surface area contributed by atoms with Crippen LogP contribution in [0.25, 0.3) is 0 Å². The molecule has 3 rings (SSSR count). The lowest BCUT2D eigenvalue weighted by atomic mass is 10.3. The van der Waals surface area contributed by atoms with Gasteiger partial charge >= 0.3 is 0 Å². The summed E-state index contributed by atoms with van der Waals surface area (Å²) in [6.45, 7) is 1.82. The van der Waals surface area contributed by atoms with Gasteiger partial charge in [0.1, 0.15) is 0 Å². The molecule has 0 aromatic heterocycles. The maximum atomic E-state index is 12.2. The van der Waals surface area contributed by atoms with Gasteiger partial charge in [0.25, 0.3) is 0 Å². The number of nitrogens with two attached hydrogens (primary N) is 1. The van der Waals surface area contributed by atoms with Gasteiger partial charge in [0.05, 0.1) is 4.90 Å². The summed E-state index contributed by atoms with van der Waals surface area (Å²) in [7, 11) is -3.45. The highest BCUT2D eigenvalue weighted by Gasteiger charge is 2.35. The van der Waals surface area contributed by atoms with Crippen LogP contribution in [0.1, 0.15) is 19.3 Å². The quantitative estimate of drug-likeness (QED) is 0.800. The van der Waals surface area contributed by atoms with E-state index in [-0.39, 0.29) is 10.9 Å². The number of hydrogen-bond donors (Lipinski definition) is 2. The smallest absolute Gasteiger partial charge is 0.240 e. The zero-order chi connectivity index (χ0) is 13.5. The van der Waals surface area contributed by atoms with Crippen molar-refractivity contribution >= 4 is 15.7 Å². The Morgan fingerprint density at radius 1 is 1.26 bits per heavy atom. The highest BCUT2D eigenvalue weighted by molar-refractivity contribution is 7.89. The molecule has 0 spiro atoms. The molecule has 6 heteroatoms. The van der Waals surface area contributed by atoms with Gasteiger partial charge in [-0.3, -0.25) is 4.90 Å². The Bertz CT molecular complexity index is 569. The zero-order valence-electron chi connectivity index (χ0n) is 10.7. The van der Waals surface area contributed by atoms with E-state index >= 15 is 0 Å². The van der Waals surface area contributed by atoms with Gasteiger partial charge in [-0.25, -0.2) is 13.1 Å². The standard InChI is InChI=1S/C13H19N3O2S/c14-10-2-1-3-13(8-10)19(17,18)15-11-6-7-16(9-11)12-4-5-12/h1-3,8,11-12,15H,4-7,9,14H2. The Labute approximate surface area is 113 Å². The van der Waals surface area contributed by atoms with Crippen LogP contribution in [-0.2, 0) is 10.0 Å². The second-order valence-corrected chi connectivity index (χ2v) is 7.12. The van der Waals surface area contributed by atoms with Crippen LogP contribution in [0.15, 0.2) is 29.2 Å². The molecule has 2 fully saturated rings. The number of benzene rings is 1. The van der Waals surface area contributed by atoms with E-state index in [0.717, 1.165) is 19.5 Å². The van der Waals surface area contributed by atoms with Gasteiger partial charge in [0.2, 0.25) is 10.0 Å². The first kappa shape index (κ1) is 12.9. The van der Waals surface area contributed by atoms with E-state index in [1.807, 2.05) is 0 Å². The van der Waals surface area contributed by atoms with Gasteiger partial charge < -0.3 is 5.73 Å². The molecular weight excluding hydrogens is 262 g/mol. The van der Waals surface area contributed by atoms with Gasteiger partial charge in [-0.1, -0.05) is 6.07 Å². The lowest BCUT2D eigenvalue weighted by Gasteiger charge is -2.16. The van der Waals surface area contributed by atoms with Crippen LogP contribution < -0.4 is 10.5 Å². The summed E-state index contributed by atoms with van der Waals surface area (Å²) in [5, 5.41) is 0.